The molecule has 1 N–H and O–H groups in total. The van der Waals surface area contributed by atoms with Gasteiger partial charge < -0.3 is 19.5 Å². The molecule has 26 heavy (non-hydrogen) atoms. The maximum Gasteiger partial charge on any atom is 0.257 e. The quantitative estimate of drug-likeness (QED) is 0.669. The first-order chi connectivity index (χ1) is 12.6. The Hall–Kier alpha value is -2.21. The summed E-state index contributed by atoms with van der Waals surface area (Å²) >= 11 is 3.47. The first-order valence-corrected chi connectivity index (χ1v) is 9.25. The number of carbonyl (C=O) groups excluding carboxylic acids is 1. The summed E-state index contributed by atoms with van der Waals surface area (Å²) in [6.45, 7) is 2.60. The third-order valence-corrected chi connectivity index (χ3v) is 4.57. The summed E-state index contributed by atoms with van der Waals surface area (Å²) in [5.74, 6) is 1.88. The van der Waals surface area contributed by atoms with Crippen molar-refractivity contribution in [1.29, 1.82) is 0 Å². The van der Waals surface area contributed by atoms with Crippen LogP contribution in [0.1, 0.15) is 18.1 Å². The molecule has 0 aliphatic rings. The molecule has 140 valence electrons. The SMILES string of the molecule is CCc1ccc(OCC(=O)NCCc2ccc(OC)c(OC)c2)c(Br)c1. The number of halogens is 1. The monoisotopic (exact) mass is 421 g/mol. The first kappa shape index (κ1) is 20.1. The number of aryl methyl sites for hydroxylation is 1. The van der Waals surface area contributed by atoms with Crippen LogP contribution in [-0.2, 0) is 17.6 Å². The molecule has 0 aromatic heterocycles. The van der Waals surface area contributed by atoms with E-state index in [1.165, 1.54) is 5.56 Å². The number of rotatable bonds is 9. The van der Waals surface area contributed by atoms with E-state index in [0.29, 0.717) is 30.2 Å². The molecule has 0 radical (unpaired) electrons. The lowest BCUT2D eigenvalue weighted by molar-refractivity contribution is -0.123. The van der Waals surface area contributed by atoms with Crippen LogP contribution in [-0.4, -0.2) is 33.3 Å². The third kappa shape index (κ3) is 5.66. The Balaban J connectivity index is 1.79. The van der Waals surface area contributed by atoms with Crippen LogP contribution in [0.4, 0.5) is 0 Å². The van der Waals surface area contributed by atoms with Gasteiger partial charge in [0.2, 0.25) is 0 Å². The van der Waals surface area contributed by atoms with Gasteiger partial charge in [-0.3, -0.25) is 4.79 Å². The minimum Gasteiger partial charge on any atom is -0.493 e. The molecule has 0 fully saturated rings. The van der Waals surface area contributed by atoms with E-state index >= 15 is 0 Å². The van der Waals surface area contributed by atoms with Gasteiger partial charge in [-0.15, -0.1) is 0 Å². The van der Waals surface area contributed by atoms with Gasteiger partial charge in [0.25, 0.3) is 5.91 Å². The standard InChI is InChI=1S/C20H24BrNO4/c1-4-14-5-7-17(16(21)11-14)26-13-20(23)22-10-9-15-6-8-18(24-2)19(12-15)25-3/h5-8,11-12H,4,9-10,13H2,1-3H3,(H,22,23). The van der Waals surface area contributed by atoms with Gasteiger partial charge in [0.1, 0.15) is 5.75 Å². The largest absolute Gasteiger partial charge is 0.493 e. The average Bonchev–Trinajstić information content (AvgIpc) is 2.66. The molecule has 0 heterocycles. The van der Waals surface area contributed by atoms with Gasteiger partial charge in [0.05, 0.1) is 18.7 Å². The molecule has 0 saturated carbocycles. The highest BCUT2D eigenvalue weighted by Gasteiger charge is 2.08. The Morgan fingerprint density at radius 2 is 1.69 bits per heavy atom. The summed E-state index contributed by atoms with van der Waals surface area (Å²) in [5.41, 5.74) is 2.27. The Labute approximate surface area is 162 Å². The van der Waals surface area contributed by atoms with E-state index in [0.717, 1.165) is 16.5 Å². The topological polar surface area (TPSA) is 56.8 Å². The molecule has 1 amide bonds. The molecule has 6 heteroatoms. The normalized spacial score (nSPS) is 10.3. The molecule has 0 saturated heterocycles. The maximum atomic E-state index is 12.0. The lowest BCUT2D eigenvalue weighted by Gasteiger charge is -2.11. The van der Waals surface area contributed by atoms with Gasteiger partial charge >= 0.3 is 0 Å². The number of methoxy groups -OCH3 is 2. The van der Waals surface area contributed by atoms with Gasteiger partial charge in [0.15, 0.2) is 18.1 Å². The Morgan fingerprint density at radius 3 is 2.35 bits per heavy atom. The number of ether oxygens (including phenoxy) is 3. The molecule has 2 aromatic rings. The number of carbonyl (C=O) groups is 1. The van der Waals surface area contributed by atoms with E-state index in [9.17, 15) is 4.79 Å². The molecule has 5 nitrogen and oxygen atoms in total. The minimum atomic E-state index is -0.156. The molecule has 0 atom stereocenters. The van der Waals surface area contributed by atoms with Crippen LogP contribution in [0.2, 0.25) is 0 Å². The van der Waals surface area contributed by atoms with Gasteiger partial charge in [0, 0.05) is 6.54 Å². The number of amides is 1. The zero-order chi connectivity index (χ0) is 18.9. The lowest BCUT2D eigenvalue weighted by atomic mass is 10.1. The van der Waals surface area contributed by atoms with Crippen molar-refractivity contribution in [1.82, 2.24) is 5.32 Å². The highest BCUT2D eigenvalue weighted by molar-refractivity contribution is 9.10. The second kappa shape index (κ2) is 10.1. The van der Waals surface area contributed by atoms with Crippen LogP contribution in [0.25, 0.3) is 0 Å². The van der Waals surface area contributed by atoms with E-state index in [1.807, 2.05) is 36.4 Å². The molecule has 2 rings (SSSR count). The molecular formula is C20H24BrNO4. The van der Waals surface area contributed by atoms with Crippen LogP contribution in [0, 0.1) is 0 Å². The van der Waals surface area contributed by atoms with Crippen molar-refractivity contribution in [3.05, 3.63) is 52.0 Å². The maximum absolute atomic E-state index is 12.0. The predicted octanol–water partition coefficient (Wildman–Crippen LogP) is 3.77. The molecular weight excluding hydrogens is 398 g/mol. The molecule has 0 aliphatic heterocycles. The zero-order valence-electron chi connectivity index (χ0n) is 15.3. The van der Waals surface area contributed by atoms with Crippen molar-refractivity contribution in [2.45, 2.75) is 19.8 Å². The Bertz CT molecular complexity index is 749. The highest BCUT2D eigenvalue weighted by atomic mass is 79.9. The first-order valence-electron chi connectivity index (χ1n) is 8.46. The van der Waals surface area contributed by atoms with Crippen molar-refractivity contribution >= 4 is 21.8 Å². The Kier molecular flexibility index (Phi) is 7.78. The number of benzene rings is 2. The zero-order valence-corrected chi connectivity index (χ0v) is 16.9. The molecule has 2 aromatic carbocycles. The lowest BCUT2D eigenvalue weighted by Crippen LogP contribution is -2.30. The summed E-state index contributed by atoms with van der Waals surface area (Å²) in [5, 5.41) is 2.86. The van der Waals surface area contributed by atoms with Gasteiger partial charge in [-0.2, -0.15) is 0 Å². The van der Waals surface area contributed by atoms with Crippen molar-refractivity contribution in [3.63, 3.8) is 0 Å². The van der Waals surface area contributed by atoms with E-state index in [4.69, 9.17) is 14.2 Å². The molecule has 0 spiro atoms. The van der Waals surface area contributed by atoms with Crippen molar-refractivity contribution in [3.8, 4) is 17.2 Å². The second-order valence-electron chi connectivity index (χ2n) is 5.70. The van der Waals surface area contributed by atoms with E-state index in [2.05, 4.69) is 28.2 Å². The smallest absolute Gasteiger partial charge is 0.257 e. The van der Waals surface area contributed by atoms with E-state index in [-0.39, 0.29) is 12.5 Å². The Morgan fingerprint density at radius 1 is 1.00 bits per heavy atom. The molecule has 0 bridgehead atoms. The third-order valence-electron chi connectivity index (χ3n) is 3.95. The fourth-order valence-electron chi connectivity index (χ4n) is 2.46. The van der Waals surface area contributed by atoms with Crippen LogP contribution in [0.5, 0.6) is 17.2 Å². The van der Waals surface area contributed by atoms with Crippen molar-refractivity contribution < 1.29 is 19.0 Å². The minimum absolute atomic E-state index is 0.0179. The van der Waals surface area contributed by atoms with Gasteiger partial charge in [-0.1, -0.05) is 19.1 Å². The van der Waals surface area contributed by atoms with Gasteiger partial charge in [-0.05, 0) is 64.2 Å². The van der Waals surface area contributed by atoms with Crippen LogP contribution < -0.4 is 19.5 Å². The average molecular weight is 422 g/mol. The molecule has 0 unspecified atom stereocenters. The van der Waals surface area contributed by atoms with E-state index in [1.54, 1.807) is 14.2 Å². The highest BCUT2D eigenvalue weighted by Crippen LogP contribution is 2.28. The predicted molar refractivity (Wildman–Crippen MR) is 105 cm³/mol. The number of hydrogen-bond acceptors (Lipinski definition) is 4. The summed E-state index contributed by atoms with van der Waals surface area (Å²) in [7, 11) is 3.21. The fourth-order valence-corrected chi connectivity index (χ4v) is 3.00. The van der Waals surface area contributed by atoms with Crippen LogP contribution in [0.15, 0.2) is 40.9 Å². The fraction of sp³-hybridized carbons (Fsp3) is 0.350. The van der Waals surface area contributed by atoms with Crippen LogP contribution in [0.3, 0.4) is 0 Å². The number of hydrogen-bond donors (Lipinski definition) is 1. The summed E-state index contributed by atoms with van der Waals surface area (Å²) < 4.78 is 16.9. The molecule has 0 aliphatic carbocycles. The van der Waals surface area contributed by atoms with Gasteiger partial charge in [-0.25, -0.2) is 0 Å². The van der Waals surface area contributed by atoms with Crippen molar-refractivity contribution in [2.24, 2.45) is 0 Å². The van der Waals surface area contributed by atoms with Crippen molar-refractivity contribution in [2.75, 3.05) is 27.4 Å². The second-order valence-corrected chi connectivity index (χ2v) is 6.55. The summed E-state index contributed by atoms with van der Waals surface area (Å²) in [4.78, 5) is 12.0. The summed E-state index contributed by atoms with van der Waals surface area (Å²) in [6, 6.07) is 11.6. The summed E-state index contributed by atoms with van der Waals surface area (Å²) in [6.07, 6.45) is 1.65. The number of nitrogens with one attached hydrogen (secondary N) is 1. The van der Waals surface area contributed by atoms with E-state index < -0.39 is 0 Å². The van der Waals surface area contributed by atoms with Crippen LogP contribution >= 0.6 is 15.9 Å².